The van der Waals surface area contributed by atoms with Crippen LogP contribution < -0.4 is 10.5 Å². The van der Waals surface area contributed by atoms with Crippen LogP contribution in [0.3, 0.4) is 0 Å². The van der Waals surface area contributed by atoms with Gasteiger partial charge in [0.1, 0.15) is 5.15 Å². The standard InChI is InChI=1S/C12H12ClN3O2S/c13-12-7-10(5-6-15-12)16-8-9-1-3-11(4-2-9)19(14,17)18/h1-7H,8H2,(H,15,16)(H2,14,17,18). The summed E-state index contributed by atoms with van der Waals surface area (Å²) >= 11 is 5.77. The van der Waals surface area contributed by atoms with Gasteiger partial charge in [-0.3, -0.25) is 0 Å². The van der Waals surface area contributed by atoms with E-state index in [1.54, 1.807) is 30.5 Å². The summed E-state index contributed by atoms with van der Waals surface area (Å²) in [7, 11) is -3.64. The summed E-state index contributed by atoms with van der Waals surface area (Å²) in [6, 6.07) is 9.87. The molecule has 0 saturated heterocycles. The molecule has 0 spiro atoms. The Morgan fingerprint density at radius 1 is 1.21 bits per heavy atom. The van der Waals surface area contributed by atoms with Gasteiger partial charge in [-0.2, -0.15) is 0 Å². The lowest BCUT2D eigenvalue weighted by atomic mass is 10.2. The van der Waals surface area contributed by atoms with Gasteiger partial charge in [-0.25, -0.2) is 18.5 Å². The second-order valence-corrected chi connectivity index (χ2v) is 5.86. The van der Waals surface area contributed by atoms with Crippen LogP contribution in [0.4, 0.5) is 5.69 Å². The fourth-order valence-corrected chi connectivity index (χ4v) is 2.20. The second-order valence-electron chi connectivity index (χ2n) is 3.91. The van der Waals surface area contributed by atoms with E-state index in [1.807, 2.05) is 0 Å². The molecule has 0 aliphatic rings. The summed E-state index contributed by atoms with van der Waals surface area (Å²) in [5.41, 5.74) is 1.77. The number of hydrogen-bond acceptors (Lipinski definition) is 4. The Balaban J connectivity index is 2.05. The minimum atomic E-state index is -3.64. The summed E-state index contributed by atoms with van der Waals surface area (Å²) in [6.07, 6.45) is 1.61. The van der Waals surface area contributed by atoms with Crippen LogP contribution in [-0.4, -0.2) is 13.4 Å². The van der Waals surface area contributed by atoms with Crippen LogP contribution in [0, 0.1) is 0 Å². The quantitative estimate of drug-likeness (QED) is 0.845. The van der Waals surface area contributed by atoms with E-state index in [9.17, 15) is 8.42 Å². The lowest BCUT2D eigenvalue weighted by molar-refractivity contribution is 0.598. The third kappa shape index (κ3) is 3.92. The number of nitrogens with two attached hydrogens (primary N) is 1. The first kappa shape index (κ1) is 13.8. The van der Waals surface area contributed by atoms with E-state index in [0.29, 0.717) is 11.7 Å². The van der Waals surface area contributed by atoms with Crippen LogP contribution in [0.2, 0.25) is 5.15 Å². The van der Waals surface area contributed by atoms with Crippen molar-refractivity contribution in [3.05, 3.63) is 53.3 Å². The first-order valence-corrected chi connectivity index (χ1v) is 7.35. The summed E-state index contributed by atoms with van der Waals surface area (Å²) in [4.78, 5) is 3.98. The molecule has 1 aromatic heterocycles. The van der Waals surface area contributed by atoms with Gasteiger partial charge in [0.2, 0.25) is 10.0 Å². The van der Waals surface area contributed by atoms with Crippen LogP contribution in [0.1, 0.15) is 5.56 Å². The predicted octanol–water partition coefficient (Wildman–Crippen LogP) is 1.99. The van der Waals surface area contributed by atoms with E-state index < -0.39 is 10.0 Å². The number of halogens is 1. The van der Waals surface area contributed by atoms with Crippen molar-refractivity contribution in [2.45, 2.75) is 11.4 Å². The zero-order valence-corrected chi connectivity index (χ0v) is 11.4. The fraction of sp³-hybridized carbons (Fsp3) is 0.0833. The normalized spacial score (nSPS) is 11.3. The third-order valence-electron chi connectivity index (χ3n) is 2.48. The van der Waals surface area contributed by atoms with E-state index in [-0.39, 0.29) is 4.90 Å². The lowest BCUT2D eigenvalue weighted by Gasteiger charge is -2.07. The molecule has 0 atom stereocenters. The molecule has 1 aromatic carbocycles. The van der Waals surface area contributed by atoms with Crippen LogP contribution in [0.5, 0.6) is 0 Å². The average molecular weight is 298 g/mol. The Bertz CT molecular complexity index is 672. The minimum Gasteiger partial charge on any atom is -0.381 e. The summed E-state index contributed by atoms with van der Waals surface area (Å²) in [5, 5.41) is 8.59. The van der Waals surface area contributed by atoms with E-state index >= 15 is 0 Å². The average Bonchev–Trinajstić information content (AvgIpc) is 2.36. The molecule has 7 heteroatoms. The van der Waals surface area contributed by atoms with Crippen LogP contribution in [-0.2, 0) is 16.6 Å². The highest BCUT2D eigenvalue weighted by Crippen LogP contribution is 2.14. The van der Waals surface area contributed by atoms with Gasteiger partial charge in [-0.1, -0.05) is 23.7 Å². The zero-order valence-electron chi connectivity index (χ0n) is 9.88. The van der Waals surface area contributed by atoms with Crippen molar-refractivity contribution in [1.29, 1.82) is 0 Å². The molecule has 0 aliphatic carbocycles. The van der Waals surface area contributed by atoms with Crippen molar-refractivity contribution in [1.82, 2.24) is 4.98 Å². The lowest BCUT2D eigenvalue weighted by Crippen LogP contribution is -2.12. The molecule has 19 heavy (non-hydrogen) atoms. The van der Waals surface area contributed by atoms with Gasteiger partial charge in [0, 0.05) is 18.4 Å². The van der Waals surface area contributed by atoms with E-state index in [0.717, 1.165) is 11.3 Å². The van der Waals surface area contributed by atoms with Crippen LogP contribution in [0.25, 0.3) is 0 Å². The molecule has 3 N–H and O–H groups in total. The molecular weight excluding hydrogens is 286 g/mol. The van der Waals surface area contributed by atoms with Crippen molar-refractivity contribution in [3.63, 3.8) is 0 Å². The number of benzene rings is 1. The Hall–Kier alpha value is -1.63. The van der Waals surface area contributed by atoms with Crippen molar-refractivity contribution in [2.24, 2.45) is 5.14 Å². The maximum absolute atomic E-state index is 11.1. The molecule has 0 unspecified atom stereocenters. The maximum Gasteiger partial charge on any atom is 0.238 e. The number of pyridine rings is 1. The minimum absolute atomic E-state index is 0.100. The van der Waals surface area contributed by atoms with Crippen molar-refractivity contribution in [2.75, 3.05) is 5.32 Å². The Morgan fingerprint density at radius 3 is 2.47 bits per heavy atom. The third-order valence-corrected chi connectivity index (χ3v) is 3.61. The zero-order chi connectivity index (χ0) is 13.9. The monoisotopic (exact) mass is 297 g/mol. The highest BCUT2D eigenvalue weighted by molar-refractivity contribution is 7.89. The van der Waals surface area contributed by atoms with Crippen molar-refractivity contribution >= 4 is 27.3 Å². The van der Waals surface area contributed by atoms with Crippen molar-refractivity contribution in [3.8, 4) is 0 Å². The predicted molar refractivity (Wildman–Crippen MR) is 74.4 cm³/mol. The number of anilines is 1. The molecule has 0 aliphatic heterocycles. The topological polar surface area (TPSA) is 85.1 Å². The maximum atomic E-state index is 11.1. The second kappa shape index (κ2) is 5.56. The Kier molecular flexibility index (Phi) is 4.04. The molecule has 0 saturated carbocycles. The number of primary sulfonamides is 1. The Labute approximate surface area is 116 Å². The molecule has 0 amide bonds. The van der Waals surface area contributed by atoms with E-state index in [1.165, 1.54) is 12.1 Å². The van der Waals surface area contributed by atoms with Crippen molar-refractivity contribution < 1.29 is 8.42 Å². The van der Waals surface area contributed by atoms with Gasteiger partial charge in [0.25, 0.3) is 0 Å². The molecular formula is C12H12ClN3O2S. The Morgan fingerprint density at radius 2 is 1.89 bits per heavy atom. The number of rotatable bonds is 4. The molecule has 0 bridgehead atoms. The van der Waals surface area contributed by atoms with E-state index in [2.05, 4.69) is 10.3 Å². The molecule has 0 fully saturated rings. The molecule has 100 valence electrons. The molecule has 2 rings (SSSR count). The van der Waals surface area contributed by atoms with Gasteiger partial charge in [0.15, 0.2) is 0 Å². The van der Waals surface area contributed by atoms with Gasteiger partial charge in [0.05, 0.1) is 4.90 Å². The number of sulfonamides is 1. The van der Waals surface area contributed by atoms with Gasteiger partial charge >= 0.3 is 0 Å². The molecule has 0 radical (unpaired) electrons. The molecule has 2 aromatic rings. The summed E-state index contributed by atoms with van der Waals surface area (Å²) < 4.78 is 22.2. The number of nitrogens with one attached hydrogen (secondary N) is 1. The van der Waals surface area contributed by atoms with Gasteiger partial charge in [-0.15, -0.1) is 0 Å². The smallest absolute Gasteiger partial charge is 0.238 e. The fourth-order valence-electron chi connectivity index (χ4n) is 1.51. The summed E-state index contributed by atoms with van der Waals surface area (Å²) in [6.45, 7) is 0.547. The first-order valence-electron chi connectivity index (χ1n) is 5.42. The van der Waals surface area contributed by atoms with E-state index in [4.69, 9.17) is 16.7 Å². The first-order chi connectivity index (χ1) is 8.95. The van der Waals surface area contributed by atoms with Crippen LogP contribution >= 0.6 is 11.6 Å². The molecule has 5 nitrogen and oxygen atoms in total. The van der Waals surface area contributed by atoms with Gasteiger partial charge in [-0.05, 0) is 29.8 Å². The van der Waals surface area contributed by atoms with Crippen LogP contribution in [0.15, 0.2) is 47.5 Å². The largest absolute Gasteiger partial charge is 0.381 e. The SMILES string of the molecule is NS(=O)(=O)c1ccc(CNc2ccnc(Cl)c2)cc1. The van der Waals surface area contributed by atoms with Gasteiger partial charge < -0.3 is 5.32 Å². The highest BCUT2D eigenvalue weighted by Gasteiger charge is 2.06. The highest BCUT2D eigenvalue weighted by atomic mass is 35.5. The molecule has 1 heterocycles. The number of nitrogens with zero attached hydrogens (tertiary/aromatic N) is 1. The summed E-state index contributed by atoms with van der Waals surface area (Å²) in [5.74, 6) is 0. The number of hydrogen-bond donors (Lipinski definition) is 2. The number of aromatic nitrogens is 1.